The maximum absolute atomic E-state index is 6.24. The van der Waals surface area contributed by atoms with Gasteiger partial charge in [-0.1, -0.05) is 54.6 Å². The third-order valence-corrected chi connectivity index (χ3v) is 6.08. The average Bonchev–Trinajstić information content (AvgIpc) is 3.22. The van der Waals surface area contributed by atoms with Crippen molar-refractivity contribution in [2.75, 3.05) is 13.6 Å². The molecule has 0 fully saturated rings. The van der Waals surface area contributed by atoms with Crippen LogP contribution in [0.1, 0.15) is 22.8 Å². The van der Waals surface area contributed by atoms with Crippen molar-refractivity contribution in [1.29, 1.82) is 0 Å². The zero-order valence-electron chi connectivity index (χ0n) is 16.7. The maximum atomic E-state index is 6.24. The van der Waals surface area contributed by atoms with Crippen LogP contribution in [0.5, 0.6) is 0 Å². The number of hydrogen-bond donors (Lipinski definition) is 0. The molecule has 0 N–H and O–H groups in total. The Morgan fingerprint density at radius 1 is 0.933 bits per heavy atom. The largest absolute Gasteiger partial charge is 0.460 e. The van der Waals surface area contributed by atoms with Gasteiger partial charge in [0.2, 0.25) is 0 Å². The molecule has 1 atom stereocenters. The van der Waals surface area contributed by atoms with Crippen LogP contribution in [0.4, 0.5) is 0 Å². The Morgan fingerprint density at radius 2 is 1.77 bits per heavy atom. The molecule has 3 heterocycles. The first-order valence-corrected chi connectivity index (χ1v) is 10.3. The average molecular weight is 391 g/mol. The lowest BCUT2D eigenvalue weighted by molar-refractivity contribution is 0.282. The molecule has 2 aromatic heterocycles. The van der Waals surface area contributed by atoms with Crippen LogP contribution >= 0.6 is 0 Å². The van der Waals surface area contributed by atoms with E-state index in [1.807, 2.05) is 24.4 Å². The number of nitrogens with zero attached hydrogens (tertiary/aromatic N) is 3. The maximum Gasteiger partial charge on any atom is 0.134 e. The van der Waals surface area contributed by atoms with Gasteiger partial charge in [-0.15, -0.1) is 5.10 Å². The number of rotatable bonds is 2. The van der Waals surface area contributed by atoms with Crippen molar-refractivity contribution in [1.82, 2.24) is 15.1 Å². The van der Waals surface area contributed by atoms with E-state index in [1.54, 1.807) is 0 Å². The van der Waals surface area contributed by atoms with Gasteiger partial charge in [0.05, 0.1) is 12.1 Å². The molecule has 0 saturated heterocycles. The van der Waals surface area contributed by atoms with E-state index in [4.69, 9.17) is 4.42 Å². The summed E-state index contributed by atoms with van der Waals surface area (Å²) >= 11 is 0. The van der Waals surface area contributed by atoms with Gasteiger partial charge in [0.15, 0.2) is 0 Å². The van der Waals surface area contributed by atoms with E-state index in [1.165, 1.54) is 11.1 Å². The van der Waals surface area contributed by atoms with Gasteiger partial charge in [-0.3, -0.25) is 0 Å². The molecule has 3 aromatic carbocycles. The van der Waals surface area contributed by atoms with Crippen LogP contribution in [0.2, 0.25) is 0 Å². The molecule has 1 unspecified atom stereocenters. The molecule has 146 valence electrons. The lowest BCUT2D eigenvalue weighted by Crippen LogP contribution is -2.30. The van der Waals surface area contributed by atoms with Crippen molar-refractivity contribution in [2.24, 2.45) is 0 Å². The molecule has 0 radical (unpaired) electrons. The van der Waals surface area contributed by atoms with Gasteiger partial charge in [-0.25, -0.2) is 0 Å². The van der Waals surface area contributed by atoms with Crippen LogP contribution in [-0.2, 0) is 6.54 Å². The molecule has 0 amide bonds. The minimum Gasteiger partial charge on any atom is -0.460 e. The van der Waals surface area contributed by atoms with E-state index in [0.717, 1.165) is 51.8 Å². The summed E-state index contributed by atoms with van der Waals surface area (Å²) in [5.74, 6) is 1.25. The first-order valence-electron chi connectivity index (χ1n) is 10.3. The molecule has 4 nitrogen and oxygen atoms in total. The second kappa shape index (κ2) is 6.78. The van der Waals surface area contributed by atoms with Crippen LogP contribution in [0, 0.1) is 0 Å². The number of fused-ring (bicyclic) bond motifs is 3. The zero-order chi connectivity index (χ0) is 20.1. The number of benzene rings is 3. The van der Waals surface area contributed by atoms with Gasteiger partial charge < -0.3 is 9.32 Å². The number of aromatic nitrogens is 2. The number of para-hydroxylation sites is 1. The van der Waals surface area contributed by atoms with E-state index >= 15 is 0 Å². The summed E-state index contributed by atoms with van der Waals surface area (Å²) in [6.07, 6.45) is 1.82. The molecule has 6 rings (SSSR count). The number of likely N-dealkylation sites (N-methyl/N-ethyl adjacent to an activating group) is 1. The highest BCUT2D eigenvalue weighted by atomic mass is 16.3. The molecular formula is C26H21N3O. The second-order valence-corrected chi connectivity index (χ2v) is 8.13. The fourth-order valence-electron chi connectivity index (χ4n) is 4.65. The Kier molecular flexibility index (Phi) is 3.93. The minimum absolute atomic E-state index is 0.221. The van der Waals surface area contributed by atoms with E-state index in [0.29, 0.717) is 0 Å². The van der Waals surface area contributed by atoms with E-state index in [-0.39, 0.29) is 5.92 Å². The molecule has 0 spiro atoms. The van der Waals surface area contributed by atoms with Gasteiger partial charge in [-0.2, -0.15) is 5.10 Å². The van der Waals surface area contributed by atoms with Gasteiger partial charge in [-0.05, 0) is 36.4 Å². The molecule has 1 aliphatic rings. The highest BCUT2D eigenvalue weighted by Gasteiger charge is 2.28. The van der Waals surface area contributed by atoms with E-state index in [9.17, 15) is 0 Å². The Bertz CT molecular complexity index is 1350. The Balaban J connectivity index is 1.47. The molecular weight excluding hydrogens is 370 g/mol. The Hall–Kier alpha value is -3.50. The molecule has 4 heteroatoms. The first kappa shape index (κ1) is 17.4. The SMILES string of the molecule is CN1Cc2cc(-c3nncc4ccccc34)ccc2C(c2cc3ccccc3o2)C1. The van der Waals surface area contributed by atoms with Crippen molar-refractivity contribution in [3.8, 4) is 11.3 Å². The molecule has 1 aliphatic heterocycles. The highest BCUT2D eigenvalue weighted by molar-refractivity contribution is 5.93. The second-order valence-electron chi connectivity index (χ2n) is 8.13. The quantitative estimate of drug-likeness (QED) is 0.392. The summed E-state index contributed by atoms with van der Waals surface area (Å²) in [5, 5.41) is 12.1. The topological polar surface area (TPSA) is 42.2 Å². The lowest BCUT2D eigenvalue weighted by Gasteiger charge is -2.31. The fraction of sp³-hybridized carbons (Fsp3) is 0.154. The van der Waals surface area contributed by atoms with Crippen molar-refractivity contribution < 1.29 is 4.42 Å². The first-order chi connectivity index (χ1) is 14.8. The molecule has 0 aliphatic carbocycles. The Morgan fingerprint density at radius 3 is 2.67 bits per heavy atom. The monoisotopic (exact) mass is 391 g/mol. The third kappa shape index (κ3) is 2.80. The summed E-state index contributed by atoms with van der Waals surface area (Å²) in [5.41, 5.74) is 5.65. The van der Waals surface area contributed by atoms with Crippen molar-refractivity contribution in [2.45, 2.75) is 12.5 Å². The highest BCUT2D eigenvalue weighted by Crippen LogP contribution is 2.38. The zero-order valence-corrected chi connectivity index (χ0v) is 16.7. The van der Waals surface area contributed by atoms with Gasteiger partial charge in [0, 0.05) is 34.8 Å². The smallest absolute Gasteiger partial charge is 0.134 e. The van der Waals surface area contributed by atoms with Gasteiger partial charge in [0.25, 0.3) is 0 Å². The number of hydrogen-bond acceptors (Lipinski definition) is 4. The summed E-state index contributed by atoms with van der Waals surface area (Å²) in [7, 11) is 2.17. The summed E-state index contributed by atoms with van der Waals surface area (Å²) in [6, 6.07) is 25.4. The summed E-state index contributed by atoms with van der Waals surface area (Å²) < 4.78 is 6.24. The molecule has 0 saturated carbocycles. The lowest BCUT2D eigenvalue weighted by atomic mass is 9.86. The predicted octanol–water partition coefficient (Wildman–Crippen LogP) is 5.62. The van der Waals surface area contributed by atoms with E-state index < -0.39 is 0 Å². The molecule has 5 aromatic rings. The van der Waals surface area contributed by atoms with Crippen LogP contribution in [0.15, 0.2) is 83.4 Å². The van der Waals surface area contributed by atoms with Crippen molar-refractivity contribution in [3.05, 3.63) is 95.9 Å². The molecule has 30 heavy (non-hydrogen) atoms. The molecule has 0 bridgehead atoms. The van der Waals surface area contributed by atoms with E-state index in [2.05, 4.69) is 76.7 Å². The van der Waals surface area contributed by atoms with Crippen LogP contribution in [0.3, 0.4) is 0 Å². The normalized spacial score (nSPS) is 16.8. The van der Waals surface area contributed by atoms with Crippen LogP contribution in [0.25, 0.3) is 33.0 Å². The standard InChI is InChI=1S/C26H21N3O/c1-29-15-20-12-18(26-22-8-4-2-7-19(22)14-27-28-26)10-11-21(20)23(16-29)25-13-17-6-3-5-9-24(17)30-25/h2-14,23H,15-16H2,1H3. The predicted molar refractivity (Wildman–Crippen MR) is 119 cm³/mol. The van der Waals surface area contributed by atoms with Crippen molar-refractivity contribution in [3.63, 3.8) is 0 Å². The third-order valence-electron chi connectivity index (χ3n) is 6.08. The number of furan rings is 1. The summed E-state index contributed by atoms with van der Waals surface area (Å²) in [6.45, 7) is 1.86. The minimum atomic E-state index is 0.221. The van der Waals surface area contributed by atoms with Crippen LogP contribution < -0.4 is 0 Å². The van der Waals surface area contributed by atoms with Crippen molar-refractivity contribution >= 4 is 21.7 Å². The summed E-state index contributed by atoms with van der Waals surface area (Å²) in [4.78, 5) is 2.36. The van der Waals surface area contributed by atoms with Crippen LogP contribution in [-0.4, -0.2) is 28.7 Å². The fourth-order valence-corrected chi connectivity index (χ4v) is 4.65. The Labute approximate surface area is 174 Å². The van der Waals surface area contributed by atoms with Gasteiger partial charge in [0.1, 0.15) is 17.0 Å². The van der Waals surface area contributed by atoms with Gasteiger partial charge >= 0.3 is 0 Å².